The number of fused-ring (bicyclic) bond motifs is 1. The summed E-state index contributed by atoms with van der Waals surface area (Å²) in [6.45, 7) is 3.69. The second-order valence-corrected chi connectivity index (χ2v) is 6.03. The summed E-state index contributed by atoms with van der Waals surface area (Å²) in [5.41, 5.74) is 0.844. The van der Waals surface area contributed by atoms with Crippen molar-refractivity contribution in [1.29, 1.82) is 0 Å². The van der Waals surface area contributed by atoms with Crippen molar-refractivity contribution in [3.05, 3.63) is 16.3 Å². The van der Waals surface area contributed by atoms with Crippen LogP contribution in [0.15, 0.2) is 0 Å². The lowest BCUT2D eigenvalue weighted by Gasteiger charge is -2.05. The third-order valence-electron chi connectivity index (χ3n) is 3.37. The summed E-state index contributed by atoms with van der Waals surface area (Å²) in [5.74, 6) is 0.932. The molecule has 0 fully saturated rings. The first kappa shape index (κ1) is 17.6. The summed E-state index contributed by atoms with van der Waals surface area (Å²) in [7, 11) is 5.04. The van der Waals surface area contributed by atoms with Crippen LogP contribution in [0.25, 0.3) is 10.2 Å². The highest BCUT2D eigenvalue weighted by Crippen LogP contribution is 2.34. The van der Waals surface area contributed by atoms with E-state index >= 15 is 0 Å². The van der Waals surface area contributed by atoms with Gasteiger partial charge < -0.3 is 20.1 Å². The maximum absolute atomic E-state index is 12.4. The van der Waals surface area contributed by atoms with E-state index in [1.165, 1.54) is 11.3 Å². The fourth-order valence-electron chi connectivity index (χ4n) is 2.25. The molecule has 2 aromatic heterocycles. The fourth-order valence-corrected chi connectivity index (χ4v) is 3.36. The van der Waals surface area contributed by atoms with Crippen LogP contribution in [0.1, 0.15) is 27.5 Å². The van der Waals surface area contributed by atoms with Crippen LogP contribution in [0.2, 0.25) is 0 Å². The van der Waals surface area contributed by atoms with Crippen LogP contribution in [0, 0.1) is 6.92 Å². The Morgan fingerprint density at radius 1 is 1.26 bits per heavy atom. The van der Waals surface area contributed by atoms with E-state index in [1.807, 2.05) is 14.0 Å². The van der Waals surface area contributed by atoms with Gasteiger partial charge in [-0.25, -0.2) is 4.98 Å². The Morgan fingerprint density at radius 2 is 2.04 bits per heavy atom. The zero-order valence-electron chi connectivity index (χ0n) is 13.9. The minimum atomic E-state index is -0.0862. The molecule has 1 amide bonds. The number of aryl methyl sites for hydroxylation is 1. The number of amides is 1. The van der Waals surface area contributed by atoms with Gasteiger partial charge >= 0.3 is 0 Å². The highest BCUT2D eigenvalue weighted by molar-refractivity contribution is 7.20. The predicted octanol–water partition coefficient (Wildman–Crippen LogP) is 1.49. The van der Waals surface area contributed by atoms with E-state index in [-0.39, 0.29) is 5.91 Å². The zero-order valence-corrected chi connectivity index (χ0v) is 14.7. The molecule has 2 rings (SSSR count). The van der Waals surface area contributed by atoms with Gasteiger partial charge in [-0.1, -0.05) is 0 Å². The molecule has 0 atom stereocenters. The molecular weight excluding hydrogens is 316 g/mol. The molecular formula is C15H22N4O3S. The van der Waals surface area contributed by atoms with Crippen molar-refractivity contribution in [3.8, 4) is 5.88 Å². The van der Waals surface area contributed by atoms with Crippen molar-refractivity contribution >= 4 is 27.5 Å². The molecule has 7 nitrogen and oxygen atoms in total. The first-order valence-corrected chi connectivity index (χ1v) is 8.19. The molecule has 0 saturated heterocycles. The zero-order chi connectivity index (χ0) is 16.8. The number of aromatic nitrogens is 2. The summed E-state index contributed by atoms with van der Waals surface area (Å²) in [6.07, 6.45) is 0.882. The molecule has 8 heteroatoms. The number of hydrogen-bond donors (Lipinski definition) is 2. The molecule has 126 valence electrons. The molecule has 0 aliphatic heterocycles. The predicted molar refractivity (Wildman–Crippen MR) is 90.3 cm³/mol. The lowest BCUT2D eigenvalue weighted by atomic mass is 10.2. The van der Waals surface area contributed by atoms with Crippen LogP contribution in [0.4, 0.5) is 0 Å². The van der Waals surface area contributed by atoms with Gasteiger partial charge in [-0.05, 0) is 32.5 Å². The molecule has 23 heavy (non-hydrogen) atoms. The number of carbonyl (C=O) groups is 1. The maximum Gasteiger partial charge on any atom is 0.261 e. The van der Waals surface area contributed by atoms with E-state index in [9.17, 15) is 4.79 Å². The van der Waals surface area contributed by atoms with Gasteiger partial charge in [0.2, 0.25) is 5.88 Å². The fraction of sp³-hybridized carbons (Fsp3) is 0.533. The van der Waals surface area contributed by atoms with Crippen LogP contribution in [0.5, 0.6) is 5.88 Å². The lowest BCUT2D eigenvalue weighted by molar-refractivity contribution is 0.0957. The maximum atomic E-state index is 12.4. The van der Waals surface area contributed by atoms with Crippen molar-refractivity contribution in [2.24, 2.45) is 0 Å². The summed E-state index contributed by atoms with van der Waals surface area (Å²) in [4.78, 5) is 22.6. The van der Waals surface area contributed by atoms with Gasteiger partial charge in [-0.2, -0.15) is 4.98 Å². The number of carbonyl (C=O) groups excluding carboxylic acids is 1. The highest BCUT2D eigenvalue weighted by atomic mass is 32.1. The van der Waals surface area contributed by atoms with Gasteiger partial charge in [0.05, 0.1) is 17.4 Å². The number of hydrogen-bond acceptors (Lipinski definition) is 7. The SMILES string of the molecule is CNCCCNC(=O)c1sc2nc(COC)nc(OC)c2c1C. The Hall–Kier alpha value is -1.77. The Labute approximate surface area is 139 Å². The molecule has 2 heterocycles. The van der Waals surface area contributed by atoms with Crippen LogP contribution >= 0.6 is 11.3 Å². The highest BCUT2D eigenvalue weighted by Gasteiger charge is 2.20. The monoisotopic (exact) mass is 338 g/mol. The molecule has 0 bridgehead atoms. The van der Waals surface area contributed by atoms with Crippen LogP contribution in [-0.2, 0) is 11.3 Å². The van der Waals surface area contributed by atoms with Gasteiger partial charge in [0.25, 0.3) is 5.91 Å². The van der Waals surface area contributed by atoms with Crippen molar-refractivity contribution in [1.82, 2.24) is 20.6 Å². The average Bonchev–Trinajstić information content (AvgIpc) is 2.88. The average molecular weight is 338 g/mol. The second-order valence-electron chi connectivity index (χ2n) is 5.03. The normalized spacial score (nSPS) is 11.0. The van der Waals surface area contributed by atoms with E-state index in [2.05, 4.69) is 20.6 Å². The van der Waals surface area contributed by atoms with E-state index < -0.39 is 0 Å². The molecule has 0 aliphatic carbocycles. The van der Waals surface area contributed by atoms with Crippen LogP contribution in [-0.4, -0.2) is 50.2 Å². The van der Waals surface area contributed by atoms with Crippen LogP contribution in [0.3, 0.4) is 0 Å². The number of nitrogens with zero attached hydrogens (tertiary/aromatic N) is 2. The van der Waals surface area contributed by atoms with E-state index in [1.54, 1.807) is 14.2 Å². The first-order valence-electron chi connectivity index (χ1n) is 7.38. The summed E-state index contributed by atoms with van der Waals surface area (Å²) >= 11 is 1.35. The third kappa shape index (κ3) is 3.95. The van der Waals surface area contributed by atoms with E-state index in [0.717, 1.165) is 28.7 Å². The topological polar surface area (TPSA) is 85.4 Å². The largest absolute Gasteiger partial charge is 0.480 e. The van der Waals surface area contributed by atoms with Gasteiger partial charge in [0, 0.05) is 13.7 Å². The van der Waals surface area contributed by atoms with Crippen LogP contribution < -0.4 is 15.4 Å². The smallest absolute Gasteiger partial charge is 0.261 e. The van der Waals surface area contributed by atoms with Gasteiger partial charge in [-0.3, -0.25) is 4.79 Å². The number of nitrogens with one attached hydrogen (secondary N) is 2. The summed E-state index contributed by atoms with van der Waals surface area (Å²) in [6, 6.07) is 0. The molecule has 0 radical (unpaired) electrons. The summed E-state index contributed by atoms with van der Waals surface area (Å²) < 4.78 is 10.4. The summed E-state index contributed by atoms with van der Waals surface area (Å²) in [5, 5.41) is 6.77. The Bertz CT molecular complexity index is 687. The molecule has 0 aromatic carbocycles. The van der Waals surface area contributed by atoms with Crippen molar-refractivity contribution in [2.45, 2.75) is 20.0 Å². The lowest BCUT2D eigenvalue weighted by Crippen LogP contribution is -2.26. The van der Waals surface area contributed by atoms with Gasteiger partial charge in [0.15, 0.2) is 5.82 Å². The Kier molecular flexibility index (Phi) is 6.26. The minimum absolute atomic E-state index is 0.0862. The molecule has 0 saturated carbocycles. The molecule has 2 aromatic rings. The first-order chi connectivity index (χ1) is 11.1. The molecule has 0 spiro atoms. The van der Waals surface area contributed by atoms with Crippen molar-refractivity contribution in [3.63, 3.8) is 0 Å². The Balaban J connectivity index is 2.31. The quantitative estimate of drug-likeness (QED) is 0.710. The number of methoxy groups -OCH3 is 2. The van der Waals surface area contributed by atoms with E-state index in [0.29, 0.717) is 29.7 Å². The Morgan fingerprint density at radius 3 is 2.70 bits per heavy atom. The molecule has 0 unspecified atom stereocenters. The number of thiophene rings is 1. The van der Waals surface area contributed by atoms with Gasteiger partial charge in [-0.15, -0.1) is 11.3 Å². The van der Waals surface area contributed by atoms with E-state index in [4.69, 9.17) is 9.47 Å². The number of ether oxygens (including phenoxy) is 2. The van der Waals surface area contributed by atoms with Crippen molar-refractivity contribution in [2.75, 3.05) is 34.4 Å². The number of rotatable bonds is 8. The minimum Gasteiger partial charge on any atom is -0.480 e. The molecule has 0 aliphatic rings. The van der Waals surface area contributed by atoms with Gasteiger partial charge in [0.1, 0.15) is 11.4 Å². The van der Waals surface area contributed by atoms with Crippen molar-refractivity contribution < 1.29 is 14.3 Å². The second kappa shape index (κ2) is 8.19. The molecule has 2 N–H and O–H groups in total. The third-order valence-corrected chi connectivity index (χ3v) is 4.55. The standard InChI is InChI=1S/C15H22N4O3S/c1-9-11-14(22-4)18-10(8-21-3)19-15(11)23-12(9)13(20)17-7-5-6-16-2/h16H,5-8H2,1-4H3,(H,17,20).